The molecule has 0 fully saturated rings. The summed E-state index contributed by atoms with van der Waals surface area (Å²) in [5.74, 6) is -0.404. The summed E-state index contributed by atoms with van der Waals surface area (Å²) in [6.07, 6.45) is 1.02. The normalized spacial score (nSPS) is 10.7. The van der Waals surface area contributed by atoms with E-state index in [9.17, 15) is 4.79 Å². The number of aliphatic hydroxyl groups excluding tert-OH is 1. The molecule has 5 heteroatoms. The third-order valence-electron chi connectivity index (χ3n) is 2.71. The number of carboxylic acids is 1. The van der Waals surface area contributed by atoms with Crippen LogP contribution >= 0.6 is 0 Å². The lowest BCUT2D eigenvalue weighted by atomic mass is 10.2. The molecule has 0 radical (unpaired) electrons. The maximum absolute atomic E-state index is 10.8. The molecule has 0 aliphatic heterocycles. The van der Waals surface area contributed by atoms with Crippen molar-refractivity contribution in [1.29, 1.82) is 0 Å². The predicted octanol–water partition coefficient (Wildman–Crippen LogP) is 1.47. The fourth-order valence-corrected chi connectivity index (χ4v) is 1.80. The Kier molecular flexibility index (Phi) is 6.92. The fraction of sp³-hybridized carbons (Fsp3) is 0.500. The number of hydrogen-bond acceptors (Lipinski definition) is 4. The topological polar surface area (TPSA) is 70.0 Å². The van der Waals surface area contributed by atoms with Crippen LogP contribution < -0.4 is 4.74 Å². The molecule has 0 saturated heterocycles. The van der Waals surface area contributed by atoms with Crippen LogP contribution in [-0.4, -0.2) is 53.9 Å². The molecule has 0 amide bonds. The van der Waals surface area contributed by atoms with Gasteiger partial charge in [-0.2, -0.15) is 0 Å². The van der Waals surface area contributed by atoms with E-state index in [0.29, 0.717) is 25.4 Å². The molecular weight excluding hydrogens is 246 g/mol. The Morgan fingerprint density at radius 1 is 1.32 bits per heavy atom. The monoisotopic (exact) mass is 267 g/mol. The number of hydrogen-bond donors (Lipinski definition) is 2. The van der Waals surface area contributed by atoms with E-state index in [1.807, 2.05) is 0 Å². The molecule has 0 aromatic heterocycles. The van der Waals surface area contributed by atoms with Crippen molar-refractivity contribution in [2.75, 3.05) is 32.8 Å². The summed E-state index contributed by atoms with van der Waals surface area (Å²) >= 11 is 0. The number of aromatic carboxylic acids is 1. The fourth-order valence-electron chi connectivity index (χ4n) is 1.80. The zero-order valence-electron chi connectivity index (χ0n) is 11.2. The minimum Gasteiger partial charge on any atom is -0.492 e. The van der Waals surface area contributed by atoms with E-state index in [-0.39, 0.29) is 12.2 Å². The largest absolute Gasteiger partial charge is 0.492 e. The average Bonchev–Trinajstić information content (AvgIpc) is 2.39. The first-order valence-corrected chi connectivity index (χ1v) is 6.46. The van der Waals surface area contributed by atoms with Crippen molar-refractivity contribution in [3.8, 4) is 5.75 Å². The van der Waals surface area contributed by atoms with Gasteiger partial charge in [-0.25, -0.2) is 4.79 Å². The van der Waals surface area contributed by atoms with Crippen LogP contribution in [0.25, 0.3) is 0 Å². The molecule has 0 spiro atoms. The van der Waals surface area contributed by atoms with E-state index < -0.39 is 5.97 Å². The molecule has 0 heterocycles. The zero-order chi connectivity index (χ0) is 14.1. The summed E-state index contributed by atoms with van der Waals surface area (Å²) in [4.78, 5) is 12.9. The molecule has 0 saturated carbocycles. The van der Waals surface area contributed by atoms with E-state index in [1.54, 1.807) is 12.1 Å². The summed E-state index contributed by atoms with van der Waals surface area (Å²) in [6.45, 7) is 4.95. The first-order valence-electron chi connectivity index (χ1n) is 6.46. The van der Waals surface area contributed by atoms with Crippen molar-refractivity contribution in [2.24, 2.45) is 0 Å². The molecule has 0 aliphatic carbocycles. The average molecular weight is 267 g/mol. The second kappa shape index (κ2) is 8.50. The Labute approximate surface area is 113 Å². The van der Waals surface area contributed by atoms with Crippen LogP contribution in [0.2, 0.25) is 0 Å². The van der Waals surface area contributed by atoms with E-state index in [1.165, 1.54) is 12.1 Å². The maximum Gasteiger partial charge on any atom is 0.335 e. The summed E-state index contributed by atoms with van der Waals surface area (Å²) in [6, 6.07) is 6.45. The molecular formula is C14H21NO4. The molecule has 1 aromatic rings. The number of nitrogens with zero attached hydrogens (tertiary/aromatic N) is 1. The Balaban J connectivity index is 2.43. The van der Waals surface area contributed by atoms with Crippen LogP contribution in [0.4, 0.5) is 0 Å². The van der Waals surface area contributed by atoms with Gasteiger partial charge in [0.2, 0.25) is 0 Å². The standard InChI is InChI=1S/C14H21NO4/c1-2-6-15(7-9-16)8-10-19-13-5-3-4-12(11-13)14(17)18/h3-5,11,16H,2,6-10H2,1H3,(H,17,18). The number of carbonyl (C=O) groups is 1. The molecule has 1 aromatic carbocycles. The van der Waals surface area contributed by atoms with Crippen LogP contribution in [0.5, 0.6) is 5.75 Å². The highest BCUT2D eigenvalue weighted by molar-refractivity contribution is 5.87. The minimum atomic E-state index is -0.960. The van der Waals surface area contributed by atoms with Crippen molar-refractivity contribution < 1.29 is 19.7 Å². The van der Waals surface area contributed by atoms with Gasteiger partial charge in [0, 0.05) is 13.1 Å². The van der Waals surface area contributed by atoms with Crippen LogP contribution in [0.1, 0.15) is 23.7 Å². The lowest BCUT2D eigenvalue weighted by Gasteiger charge is -2.20. The van der Waals surface area contributed by atoms with Gasteiger partial charge in [-0.1, -0.05) is 13.0 Å². The molecule has 2 N–H and O–H groups in total. The summed E-state index contributed by atoms with van der Waals surface area (Å²) in [5, 5.41) is 17.8. The summed E-state index contributed by atoms with van der Waals surface area (Å²) in [5.41, 5.74) is 0.221. The highest BCUT2D eigenvalue weighted by Crippen LogP contribution is 2.13. The van der Waals surface area contributed by atoms with Crippen molar-refractivity contribution in [2.45, 2.75) is 13.3 Å². The van der Waals surface area contributed by atoms with Crippen molar-refractivity contribution >= 4 is 5.97 Å². The number of ether oxygens (including phenoxy) is 1. The molecule has 0 aliphatic rings. The first-order chi connectivity index (χ1) is 9.17. The van der Waals surface area contributed by atoms with Gasteiger partial charge in [0.05, 0.1) is 12.2 Å². The van der Waals surface area contributed by atoms with Gasteiger partial charge in [0.1, 0.15) is 12.4 Å². The summed E-state index contributed by atoms with van der Waals surface area (Å²) in [7, 11) is 0. The van der Waals surface area contributed by atoms with E-state index in [2.05, 4.69) is 11.8 Å². The SMILES string of the molecule is CCCN(CCO)CCOc1cccc(C(=O)O)c1. The number of aliphatic hydroxyl groups is 1. The van der Waals surface area contributed by atoms with Gasteiger partial charge in [-0.3, -0.25) is 4.90 Å². The van der Waals surface area contributed by atoms with Crippen LogP contribution in [0.3, 0.4) is 0 Å². The minimum absolute atomic E-state index is 0.133. The third kappa shape index (κ3) is 5.72. The van der Waals surface area contributed by atoms with Gasteiger partial charge in [-0.15, -0.1) is 0 Å². The van der Waals surface area contributed by atoms with Crippen LogP contribution in [0.15, 0.2) is 24.3 Å². The van der Waals surface area contributed by atoms with E-state index >= 15 is 0 Å². The first kappa shape index (κ1) is 15.5. The Morgan fingerprint density at radius 2 is 2.11 bits per heavy atom. The summed E-state index contributed by atoms with van der Waals surface area (Å²) < 4.78 is 5.53. The molecule has 1 rings (SSSR count). The molecule has 0 bridgehead atoms. The highest BCUT2D eigenvalue weighted by Gasteiger charge is 2.05. The van der Waals surface area contributed by atoms with Gasteiger partial charge >= 0.3 is 5.97 Å². The highest BCUT2D eigenvalue weighted by atomic mass is 16.5. The van der Waals surface area contributed by atoms with Gasteiger partial charge in [0.15, 0.2) is 0 Å². The lowest BCUT2D eigenvalue weighted by Crippen LogP contribution is -2.31. The van der Waals surface area contributed by atoms with Crippen LogP contribution in [-0.2, 0) is 0 Å². The van der Waals surface area contributed by atoms with Crippen molar-refractivity contribution in [3.63, 3.8) is 0 Å². The van der Waals surface area contributed by atoms with E-state index in [4.69, 9.17) is 14.9 Å². The third-order valence-corrected chi connectivity index (χ3v) is 2.71. The smallest absolute Gasteiger partial charge is 0.335 e. The lowest BCUT2D eigenvalue weighted by molar-refractivity contribution is 0.0696. The second-order valence-electron chi connectivity index (χ2n) is 4.25. The quantitative estimate of drug-likeness (QED) is 0.709. The van der Waals surface area contributed by atoms with E-state index in [0.717, 1.165) is 13.0 Å². The molecule has 5 nitrogen and oxygen atoms in total. The van der Waals surface area contributed by atoms with Gasteiger partial charge in [0.25, 0.3) is 0 Å². The molecule has 0 atom stereocenters. The second-order valence-corrected chi connectivity index (χ2v) is 4.25. The number of carboxylic acid groups (broad SMARTS) is 1. The van der Waals surface area contributed by atoms with Crippen molar-refractivity contribution in [3.05, 3.63) is 29.8 Å². The Bertz CT molecular complexity index is 389. The predicted molar refractivity (Wildman–Crippen MR) is 72.7 cm³/mol. The van der Waals surface area contributed by atoms with Crippen LogP contribution in [0, 0.1) is 0 Å². The number of benzene rings is 1. The number of rotatable bonds is 9. The maximum atomic E-state index is 10.8. The zero-order valence-corrected chi connectivity index (χ0v) is 11.2. The Hall–Kier alpha value is -1.59. The van der Waals surface area contributed by atoms with Gasteiger partial charge in [-0.05, 0) is 31.2 Å². The molecule has 0 unspecified atom stereocenters. The molecule has 19 heavy (non-hydrogen) atoms. The molecule has 106 valence electrons. The van der Waals surface area contributed by atoms with Crippen molar-refractivity contribution in [1.82, 2.24) is 4.90 Å². The van der Waals surface area contributed by atoms with Gasteiger partial charge < -0.3 is 14.9 Å². The Morgan fingerprint density at radius 3 is 2.74 bits per heavy atom.